The van der Waals surface area contributed by atoms with E-state index in [0.717, 1.165) is 0 Å². The first-order valence-corrected chi connectivity index (χ1v) is 10.4. The number of sulfone groups is 1. The molecule has 0 aromatic carbocycles. The van der Waals surface area contributed by atoms with E-state index in [1.165, 1.54) is 11.2 Å². The Labute approximate surface area is 149 Å². The molecule has 1 aromatic heterocycles. The summed E-state index contributed by atoms with van der Waals surface area (Å²) >= 11 is 3.35. The first kappa shape index (κ1) is 17.8. The molecule has 0 radical (unpaired) electrons. The standard InChI is InChI=1S/C15H19BrN2O5S/c1-24(20,21)15(2-5-22-6-3-15)11-8-12(16)17-13(9-11)18-4-7-23-10-14(18)19/h8-9H,2-7,10H2,1H3. The van der Waals surface area contributed by atoms with Gasteiger partial charge in [-0.1, -0.05) is 0 Å². The van der Waals surface area contributed by atoms with E-state index in [1.807, 2.05) is 0 Å². The monoisotopic (exact) mass is 418 g/mol. The number of morpholine rings is 1. The van der Waals surface area contributed by atoms with Gasteiger partial charge in [-0.05, 0) is 46.5 Å². The minimum absolute atomic E-state index is 0.00852. The van der Waals surface area contributed by atoms with Crippen LogP contribution in [-0.4, -0.2) is 58.5 Å². The summed E-state index contributed by atoms with van der Waals surface area (Å²) in [6.45, 7) is 1.61. The van der Waals surface area contributed by atoms with E-state index in [9.17, 15) is 13.2 Å². The zero-order valence-electron chi connectivity index (χ0n) is 13.3. The molecule has 0 unspecified atom stereocenters. The second-order valence-electron chi connectivity index (χ2n) is 6.01. The lowest BCUT2D eigenvalue weighted by atomic mass is 9.91. The number of ether oxygens (including phenoxy) is 2. The Bertz CT molecular complexity index is 746. The van der Waals surface area contributed by atoms with Crippen molar-refractivity contribution in [2.24, 2.45) is 0 Å². The first-order chi connectivity index (χ1) is 11.3. The van der Waals surface area contributed by atoms with Crippen LogP contribution in [0.15, 0.2) is 16.7 Å². The highest BCUT2D eigenvalue weighted by molar-refractivity contribution is 9.10. The van der Waals surface area contributed by atoms with Crippen molar-refractivity contribution in [2.75, 3.05) is 44.1 Å². The Morgan fingerprint density at radius 1 is 1.21 bits per heavy atom. The molecule has 0 N–H and O–H groups in total. The largest absolute Gasteiger partial charge is 0.381 e. The third-order valence-corrected chi connectivity index (χ3v) is 7.05. The van der Waals surface area contributed by atoms with Gasteiger partial charge in [-0.15, -0.1) is 0 Å². The number of nitrogens with zero attached hydrogens (tertiary/aromatic N) is 2. The van der Waals surface area contributed by atoms with Gasteiger partial charge in [0, 0.05) is 19.5 Å². The average Bonchev–Trinajstić information content (AvgIpc) is 2.54. The number of amides is 1. The Kier molecular flexibility index (Phi) is 4.96. The zero-order valence-corrected chi connectivity index (χ0v) is 15.7. The molecule has 0 aliphatic carbocycles. The summed E-state index contributed by atoms with van der Waals surface area (Å²) in [5.74, 6) is 0.264. The van der Waals surface area contributed by atoms with E-state index < -0.39 is 14.6 Å². The van der Waals surface area contributed by atoms with Gasteiger partial charge in [-0.3, -0.25) is 9.69 Å². The molecule has 1 aromatic rings. The molecular formula is C15H19BrN2O5S. The van der Waals surface area contributed by atoms with Crippen molar-refractivity contribution in [1.82, 2.24) is 4.98 Å². The van der Waals surface area contributed by atoms with E-state index in [1.54, 1.807) is 12.1 Å². The molecule has 0 spiro atoms. The van der Waals surface area contributed by atoms with Crippen LogP contribution in [-0.2, 0) is 28.9 Å². The van der Waals surface area contributed by atoms with Gasteiger partial charge in [0.2, 0.25) is 0 Å². The van der Waals surface area contributed by atoms with Crippen LogP contribution in [0.3, 0.4) is 0 Å². The Morgan fingerprint density at radius 3 is 2.54 bits per heavy atom. The minimum atomic E-state index is -3.38. The summed E-state index contributed by atoms with van der Waals surface area (Å²) in [5, 5.41) is 0. The van der Waals surface area contributed by atoms with E-state index >= 15 is 0 Å². The molecule has 9 heteroatoms. The Hall–Kier alpha value is -1.03. The number of pyridine rings is 1. The van der Waals surface area contributed by atoms with Crippen LogP contribution in [0.4, 0.5) is 5.82 Å². The fourth-order valence-corrected chi connectivity index (χ4v) is 5.10. The number of carbonyl (C=O) groups is 1. The van der Waals surface area contributed by atoms with Gasteiger partial charge in [0.1, 0.15) is 21.8 Å². The topological polar surface area (TPSA) is 85.8 Å². The first-order valence-electron chi connectivity index (χ1n) is 7.67. The number of aromatic nitrogens is 1. The van der Waals surface area contributed by atoms with Gasteiger partial charge in [-0.2, -0.15) is 0 Å². The molecular weight excluding hydrogens is 400 g/mol. The molecule has 0 bridgehead atoms. The smallest absolute Gasteiger partial charge is 0.254 e. The van der Waals surface area contributed by atoms with E-state index in [2.05, 4.69) is 20.9 Å². The molecule has 2 aliphatic rings. The van der Waals surface area contributed by atoms with E-state index in [0.29, 0.717) is 55.2 Å². The van der Waals surface area contributed by atoms with Crippen molar-refractivity contribution >= 4 is 37.5 Å². The van der Waals surface area contributed by atoms with Gasteiger partial charge in [0.15, 0.2) is 9.84 Å². The minimum Gasteiger partial charge on any atom is -0.381 e. The van der Waals surface area contributed by atoms with Crippen molar-refractivity contribution in [2.45, 2.75) is 17.6 Å². The van der Waals surface area contributed by atoms with Gasteiger partial charge < -0.3 is 9.47 Å². The molecule has 2 aliphatic heterocycles. The van der Waals surface area contributed by atoms with E-state index in [-0.39, 0.29) is 12.5 Å². The predicted molar refractivity (Wildman–Crippen MR) is 91.7 cm³/mol. The van der Waals surface area contributed by atoms with E-state index in [4.69, 9.17) is 9.47 Å². The Morgan fingerprint density at radius 2 is 1.92 bits per heavy atom. The normalized spacial score (nSPS) is 21.8. The molecule has 1 amide bonds. The van der Waals surface area contributed by atoms with Crippen LogP contribution >= 0.6 is 15.9 Å². The molecule has 2 saturated heterocycles. The summed E-state index contributed by atoms with van der Waals surface area (Å²) in [5.41, 5.74) is 0.643. The summed E-state index contributed by atoms with van der Waals surface area (Å²) in [6, 6.07) is 3.43. The Balaban J connectivity index is 2.08. The number of halogens is 1. The van der Waals surface area contributed by atoms with Crippen LogP contribution in [0.1, 0.15) is 18.4 Å². The number of rotatable bonds is 3. The highest BCUT2D eigenvalue weighted by Gasteiger charge is 2.44. The maximum atomic E-state index is 12.6. The summed E-state index contributed by atoms with van der Waals surface area (Å²) in [7, 11) is -3.38. The van der Waals surface area contributed by atoms with Crippen molar-refractivity contribution < 1.29 is 22.7 Å². The summed E-state index contributed by atoms with van der Waals surface area (Å²) < 4.78 is 35.2. The molecule has 3 rings (SSSR count). The van der Waals surface area contributed by atoms with Crippen LogP contribution in [0.25, 0.3) is 0 Å². The molecule has 0 saturated carbocycles. The molecule has 0 atom stereocenters. The quantitative estimate of drug-likeness (QED) is 0.686. The molecule has 3 heterocycles. The SMILES string of the molecule is CS(=O)(=O)C1(c2cc(Br)nc(N3CCOCC3=O)c2)CCOCC1. The van der Waals surface area contributed by atoms with Crippen LogP contribution in [0, 0.1) is 0 Å². The van der Waals surface area contributed by atoms with Crippen molar-refractivity contribution in [3.63, 3.8) is 0 Å². The van der Waals surface area contributed by atoms with Crippen molar-refractivity contribution in [1.29, 1.82) is 0 Å². The van der Waals surface area contributed by atoms with Crippen LogP contribution < -0.4 is 4.90 Å². The van der Waals surface area contributed by atoms with Crippen molar-refractivity contribution in [3.8, 4) is 0 Å². The molecule has 2 fully saturated rings. The zero-order chi connectivity index (χ0) is 17.4. The number of carbonyl (C=O) groups excluding carboxylic acids is 1. The van der Waals surface area contributed by atoms with Gasteiger partial charge in [-0.25, -0.2) is 13.4 Å². The second kappa shape index (κ2) is 6.70. The lowest BCUT2D eigenvalue weighted by Gasteiger charge is -2.36. The third-order valence-electron chi connectivity index (χ3n) is 4.58. The fraction of sp³-hybridized carbons (Fsp3) is 0.600. The maximum Gasteiger partial charge on any atom is 0.254 e. The predicted octanol–water partition coefficient (Wildman–Crippen LogP) is 1.26. The second-order valence-corrected chi connectivity index (χ2v) is 9.15. The maximum absolute atomic E-state index is 12.6. The molecule has 24 heavy (non-hydrogen) atoms. The van der Waals surface area contributed by atoms with Crippen LogP contribution in [0.2, 0.25) is 0 Å². The number of anilines is 1. The highest BCUT2D eigenvalue weighted by Crippen LogP contribution is 2.41. The molecule has 132 valence electrons. The average molecular weight is 419 g/mol. The molecule has 7 nitrogen and oxygen atoms in total. The lowest BCUT2D eigenvalue weighted by molar-refractivity contribution is -0.125. The highest BCUT2D eigenvalue weighted by atomic mass is 79.9. The number of hydrogen-bond acceptors (Lipinski definition) is 6. The number of hydrogen-bond donors (Lipinski definition) is 0. The van der Waals surface area contributed by atoms with Gasteiger partial charge in [0.25, 0.3) is 5.91 Å². The summed E-state index contributed by atoms with van der Waals surface area (Å²) in [4.78, 5) is 18.0. The van der Waals surface area contributed by atoms with Gasteiger partial charge in [0.05, 0.1) is 13.2 Å². The third kappa shape index (κ3) is 3.22. The fourth-order valence-electron chi connectivity index (χ4n) is 3.22. The van der Waals surface area contributed by atoms with Crippen LogP contribution in [0.5, 0.6) is 0 Å². The lowest BCUT2D eigenvalue weighted by Crippen LogP contribution is -2.43. The van der Waals surface area contributed by atoms with Crippen molar-refractivity contribution in [3.05, 3.63) is 22.3 Å². The summed E-state index contributed by atoms with van der Waals surface area (Å²) in [6.07, 6.45) is 2.03. The van der Waals surface area contributed by atoms with Gasteiger partial charge >= 0.3 is 0 Å².